The van der Waals surface area contributed by atoms with Crippen LogP contribution in [0.4, 0.5) is 0 Å². The molecule has 0 bridgehead atoms. The maximum absolute atomic E-state index is 12.8. The molecule has 3 rings (SSSR count). The Labute approximate surface area is 152 Å². The van der Waals surface area contributed by atoms with Crippen molar-refractivity contribution in [1.82, 2.24) is 19.4 Å². The predicted molar refractivity (Wildman–Crippen MR) is 98.2 cm³/mol. The van der Waals surface area contributed by atoms with Gasteiger partial charge >= 0.3 is 0 Å². The lowest BCUT2D eigenvalue weighted by molar-refractivity contribution is 0.193. The first-order chi connectivity index (χ1) is 11.9. The van der Waals surface area contributed by atoms with Gasteiger partial charge in [0, 0.05) is 38.2 Å². The van der Waals surface area contributed by atoms with Gasteiger partial charge in [0.15, 0.2) is 0 Å². The van der Waals surface area contributed by atoms with Gasteiger partial charge < -0.3 is 4.42 Å². The highest BCUT2D eigenvalue weighted by molar-refractivity contribution is 7.99. The van der Waals surface area contributed by atoms with Crippen LogP contribution >= 0.6 is 11.8 Å². The van der Waals surface area contributed by atoms with Crippen molar-refractivity contribution in [2.75, 3.05) is 31.1 Å². The zero-order valence-electron chi connectivity index (χ0n) is 14.7. The first-order valence-electron chi connectivity index (χ1n) is 8.25. The van der Waals surface area contributed by atoms with E-state index >= 15 is 0 Å². The fraction of sp³-hybridized carbons (Fsp3) is 0.562. The zero-order chi connectivity index (χ0) is 18.0. The topological polar surface area (TPSA) is 80.4 Å². The molecule has 1 aliphatic rings. The minimum atomic E-state index is -3.63. The molecule has 0 amide bonds. The van der Waals surface area contributed by atoms with Crippen LogP contribution in [0, 0.1) is 13.8 Å². The lowest BCUT2D eigenvalue weighted by atomic mass is 10.2. The second-order valence-electron chi connectivity index (χ2n) is 6.16. The van der Waals surface area contributed by atoms with E-state index in [0.717, 1.165) is 30.4 Å². The molecule has 0 saturated carbocycles. The molecular weight excluding hydrogens is 360 g/mol. The summed E-state index contributed by atoms with van der Waals surface area (Å²) in [5, 5.41) is 4.21. The van der Waals surface area contributed by atoms with Crippen molar-refractivity contribution in [1.29, 1.82) is 0 Å². The normalized spacial score (nSPS) is 17.7. The minimum Gasteiger partial charge on any atom is -0.468 e. The Morgan fingerprint density at radius 1 is 1.36 bits per heavy atom. The van der Waals surface area contributed by atoms with Gasteiger partial charge in [-0.25, -0.2) is 13.1 Å². The number of aryl methyl sites for hydroxylation is 2. The predicted octanol–water partition coefficient (Wildman–Crippen LogP) is 1.70. The molecule has 0 aliphatic carbocycles. The molecular formula is C16H24N4O3S2. The molecule has 25 heavy (non-hydrogen) atoms. The number of sulfonamides is 1. The Morgan fingerprint density at radius 3 is 2.64 bits per heavy atom. The monoisotopic (exact) mass is 384 g/mol. The van der Waals surface area contributed by atoms with Crippen LogP contribution in [0.25, 0.3) is 0 Å². The largest absolute Gasteiger partial charge is 0.468 e. The molecule has 2 aromatic heterocycles. The van der Waals surface area contributed by atoms with E-state index in [1.165, 1.54) is 0 Å². The number of thioether (sulfide) groups is 1. The van der Waals surface area contributed by atoms with Gasteiger partial charge in [-0.05, 0) is 26.0 Å². The number of nitrogens with zero attached hydrogens (tertiary/aromatic N) is 3. The summed E-state index contributed by atoms with van der Waals surface area (Å²) in [7, 11) is -1.88. The van der Waals surface area contributed by atoms with Crippen LogP contribution in [-0.4, -0.2) is 54.2 Å². The fourth-order valence-electron chi connectivity index (χ4n) is 3.18. The molecule has 0 aromatic carbocycles. The summed E-state index contributed by atoms with van der Waals surface area (Å²) >= 11 is 1.92. The van der Waals surface area contributed by atoms with Gasteiger partial charge in [0.2, 0.25) is 10.0 Å². The van der Waals surface area contributed by atoms with E-state index < -0.39 is 10.0 Å². The number of furan rings is 1. The third-order valence-electron chi connectivity index (χ3n) is 4.54. The zero-order valence-corrected chi connectivity index (χ0v) is 16.4. The number of aromatic nitrogens is 2. The standard InChI is InChI=1S/C16H24N4O3S2/c1-12-16(13(2)19(3)18-12)25(21,22)17-11-14(15-5-4-8-23-15)20-6-9-24-10-7-20/h4-5,8,14,17H,6-7,9-11H2,1-3H3. The van der Waals surface area contributed by atoms with Gasteiger partial charge in [0.05, 0.1) is 23.7 Å². The molecule has 1 N–H and O–H groups in total. The molecule has 9 heteroatoms. The number of nitrogens with one attached hydrogen (secondary N) is 1. The van der Waals surface area contributed by atoms with Crippen molar-refractivity contribution in [2.24, 2.45) is 7.05 Å². The van der Waals surface area contributed by atoms with E-state index in [9.17, 15) is 8.42 Å². The Balaban J connectivity index is 1.80. The first kappa shape index (κ1) is 18.5. The molecule has 1 fully saturated rings. The summed E-state index contributed by atoms with van der Waals surface area (Å²) in [6.07, 6.45) is 1.63. The Bertz CT molecular complexity index is 809. The van der Waals surface area contributed by atoms with Crippen molar-refractivity contribution in [3.63, 3.8) is 0 Å². The summed E-state index contributed by atoms with van der Waals surface area (Å²) in [5.41, 5.74) is 1.14. The van der Waals surface area contributed by atoms with Crippen LogP contribution in [-0.2, 0) is 17.1 Å². The Morgan fingerprint density at radius 2 is 2.08 bits per heavy atom. The highest BCUT2D eigenvalue weighted by Gasteiger charge is 2.29. The van der Waals surface area contributed by atoms with Gasteiger partial charge in [-0.2, -0.15) is 16.9 Å². The van der Waals surface area contributed by atoms with Crippen LogP contribution in [0.2, 0.25) is 0 Å². The summed E-state index contributed by atoms with van der Waals surface area (Å²) in [6.45, 7) is 5.59. The van der Waals surface area contributed by atoms with Crippen molar-refractivity contribution >= 4 is 21.8 Å². The third kappa shape index (κ3) is 3.94. The van der Waals surface area contributed by atoms with Crippen molar-refractivity contribution in [3.05, 3.63) is 35.5 Å². The molecule has 1 saturated heterocycles. The average molecular weight is 385 g/mol. The van der Waals surface area contributed by atoms with Crippen LogP contribution in [0.15, 0.2) is 27.7 Å². The molecule has 1 aliphatic heterocycles. The lowest BCUT2D eigenvalue weighted by Crippen LogP contribution is -2.42. The van der Waals surface area contributed by atoms with Gasteiger partial charge in [-0.3, -0.25) is 9.58 Å². The molecule has 138 valence electrons. The Kier molecular flexibility index (Phi) is 5.57. The molecule has 1 atom stereocenters. The number of hydrogen-bond acceptors (Lipinski definition) is 6. The molecule has 7 nitrogen and oxygen atoms in total. The van der Waals surface area contributed by atoms with Crippen molar-refractivity contribution in [3.8, 4) is 0 Å². The van der Waals surface area contributed by atoms with E-state index in [2.05, 4.69) is 14.7 Å². The highest BCUT2D eigenvalue weighted by atomic mass is 32.2. The quantitative estimate of drug-likeness (QED) is 0.816. The maximum atomic E-state index is 12.8. The summed E-state index contributed by atoms with van der Waals surface area (Å²) < 4.78 is 35.6. The van der Waals surface area contributed by atoms with Crippen LogP contribution < -0.4 is 4.72 Å². The van der Waals surface area contributed by atoms with Crippen LogP contribution in [0.1, 0.15) is 23.2 Å². The van der Waals surface area contributed by atoms with E-state index in [4.69, 9.17) is 4.42 Å². The third-order valence-corrected chi connectivity index (χ3v) is 7.15. The van der Waals surface area contributed by atoms with E-state index in [-0.39, 0.29) is 17.5 Å². The first-order valence-corrected chi connectivity index (χ1v) is 10.9. The second kappa shape index (κ2) is 7.53. The van der Waals surface area contributed by atoms with Gasteiger partial charge in [0.1, 0.15) is 10.7 Å². The van der Waals surface area contributed by atoms with E-state index in [0.29, 0.717) is 11.4 Å². The van der Waals surface area contributed by atoms with E-state index in [1.54, 1.807) is 31.8 Å². The lowest BCUT2D eigenvalue weighted by Gasteiger charge is -2.33. The summed E-state index contributed by atoms with van der Waals surface area (Å²) in [6, 6.07) is 3.63. The summed E-state index contributed by atoms with van der Waals surface area (Å²) in [4.78, 5) is 2.54. The van der Waals surface area contributed by atoms with Crippen LogP contribution in [0.5, 0.6) is 0 Å². The van der Waals surface area contributed by atoms with Crippen molar-refractivity contribution in [2.45, 2.75) is 24.8 Å². The smallest absolute Gasteiger partial charge is 0.244 e. The average Bonchev–Trinajstić information content (AvgIpc) is 3.18. The molecule has 1 unspecified atom stereocenters. The van der Waals surface area contributed by atoms with Crippen molar-refractivity contribution < 1.29 is 12.8 Å². The minimum absolute atomic E-state index is 0.108. The fourth-order valence-corrected chi connectivity index (χ4v) is 5.59. The maximum Gasteiger partial charge on any atom is 0.244 e. The molecule has 0 radical (unpaired) electrons. The van der Waals surface area contributed by atoms with Gasteiger partial charge in [-0.15, -0.1) is 0 Å². The van der Waals surface area contributed by atoms with Gasteiger partial charge in [-0.1, -0.05) is 0 Å². The van der Waals surface area contributed by atoms with Gasteiger partial charge in [0.25, 0.3) is 0 Å². The second-order valence-corrected chi connectivity index (χ2v) is 9.08. The SMILES string of the molecule is Cc1nn(C)c(C)c1S(=O)(=O)NCC(c1ccco1)N1CCSCC1. The van der Waals surface area contributed by atoms with E-state index in [1.807, 2.05) is 23.9 Å². The number of hydrogen-bond donors (Lipinski definition) is 1. The number of rotatable bonds is 6. The summed E-state index contributed by atoms with van der Waals surface area (Å²) in [5.74, 6) is 2.88. The Hall–Kier alpha value is -1.29. The molecule has 3 heterocycles. The molecule has 2 aromatic rings. The highest BCUT2D eigenvalue weighted by Crippen LogP contribution is 2.25. The molecule has 0 spiro atoms. The van der Waals surface area contributed by atoms with Crippen LogP contribution in [0.3, 0.4) is 0 Å².